The van der Waals surface area contributed by atoms with E-state index in [1.165, 1.54) is 41.6 Å². The van der Waals surface area contributed by atoms with Gasteiger partial charge in [-0.15, -0.1) is 0 Å². The summed E-state index contributed by atoms with van der Waals surface area (Å²) in [6.45, 7) is 7.68. The van der Waals surface area contributed by atoms with Crippen LogP contribution in [0.15, 0.2) is 12.1 Å². The number of nitrogens with two attached hydrogens (primary N) is 1. The molecule has 2 aromatic heterocycles. The van der Waals surface area contributed by atoms with Crippen molar-refractivity contribution in [2.24, 2.45) is 11.8 Å². The van der Waals surface area contributed by atoms with E-state index in [1.54, 1.807) is 0 Å². The Kier molecular flexibility index (Phi) is 6.19. The van der Waals surface area contributed by atoms with Crippen LogP contribution in [0.1, 0.15) is 55.6 Å². The molecule has 3 heterocycles. The van der Waals surface area contributed by atoms with Crippen LogP contribution >= 0.6 is 0 Å². The van der Waals surface area contributed by atoms with Crippen LogP contribution in [0.25, 0.3) is 11.2 Å². The highest BCUT2D eigenvalue weighted by Crippen LogP contribution is 2.34. The van der Waals surface area contributed by atoms with Crippen molar-refractivity contribution in [1.29, 1.82) is 0 Å². The Morgan fingerprint density at radius 3 is 2.82 bits per heavy atom. The molecule has 0 atom stereocenters. The van der Waals surface area contributed by atoms with Gasteiger partial charge in [0.25, 0.3) is 0 Å². The highest BCUT2D eigenvalue weighted by Gasteiger charge is 2.23. The lowest BCUT2D eigenvalue weighted by Gasteiger charge is -2.26. The number of nitrogens with zero attached hydrogens (tertiary/aromatic N) is 4. The number of hydrogen-bond donors (Lipinski definition) is 3. The molecule has 1 saturated carbocycles. The van der Waals surface area contributed by atoms with Gasteiger partial charge >= 0.3 is 6.08 Å². The Labute approximate surface area is 194 Å². The molecule has 0 radical (unpaired) electrons. The Balaban J connectivity index is 1.50. The third-order valence-electron chi connectivity index (χ3n) is 6.96. The molecule has 1 fully saturated rings. The normalized spacial score (nSPS) is 15.8. The predicted octanol–water partition coefficient (Wildman–Crippen LogP) is 3.69. The molecule has 1 aliphatic heterocycles. The molecule has 176 valence electrons. The van der Waals surface area contributed by atoms with Gasteiger partial charge in [0.1, 0.15) is 5.82 Å². The monoisotopic (exact) mass is 451 g/mol. The van der Waals surface area contributed by atoms with Crippen LogP contribution in [-0.2, 0) is 25.8 Å². The van der Waals surface area contributed by atoms with Crippen LogP contribution < -0.4 is 16.4 Å². The van der Waals surface area contributed by atoms with E-state index in [9.17, 15) is 4.39 Å². The fraction of sp³-hybridized carbons (Fsp3) is 0.560. The average molecular weight is 452 g/mol. The zero-order chi connectivity index (χ0) is 22.9. The van der Waals surface area contributed by atoms with E-state index in [0.717, 1.165) is 44.2 Å². The number of anilines is 2. The number of nitrogen functional groups attached to an aromatic ring is 1. The van der Waals surface area contributed by atoms with Crippen molar-refractivity contribution in [1.82, 2.24) is 24.8 Å². The highest BCUT2D eigenvalue weighted by molar-refractivity contribution is 5.82. The number of fused-ring (bicyclic) bond motifs is 2. The lowest BCUT2D eigenvalue weighted by atomic mass is 9.79. The number of nitrogens with one attached hydrogen (secondary N) is 2. The quantitative estimate of drug-likeness (QED) is 0.339. The smallest absolute Gasteiger partial charge is 0.312 e. The van der Waals surface area contributed by atoms with Gasteiger partial charge in [0.15, 0.2) is 17.0 Å². The van der Waals surface area contributed by atoms with E-state index in [-0.39, 0.29) is 5.82 Å². The summed E-state index contributed by atoms with van der Waals surface area (Å²) in [7, 11) is 0. The molecule has 3 aromatic rings. The second-order valence-corrected chi connectivity index (χ2v) is 9.96. The van der Waals surface area contributed by atoms with Gasteiger partial charge in [-0.05, 0) is 54.0 Å². The molecule has 1 aliphatic carbocycles. The maximum Gasteiger partial charge on any atom is 0.312 e. The summed E-state index contributed by atoms with van der Waals surface area (Å²) in [5.41, 5.74) is 12.3. The van der Waals surface area contributed by atoms with Crippen LogP contribution in [0.5, 0.6) is 0 Å². The number of aromatic nitrogens is 4. The Morgan fingerprint density at radius 2 is 2.06 bits per heavy atom. The predicted molar refractivity (Wildman–Crippen MR) is 130 cm³/mol. The SMILES string of the molecule is CC(C)CNCCn1c(Cc2cc3c(cc2CC2CCC2)CCN3)nc2c(N)nc(F)nc21. The first kappa shape index (κ1) is 22.1. The molecule has 0 bridgehead atoms. The van der Waals surface area contributed by atoms with Gasteiger partial charge in [-0.2, -0.15) is 14.4 Å². The summed E-state index contributed by atoms with van der Waals surface area (Å²) in [5.74, 6) is 2.30. The minimum atomic E-state index is -0.810. The molecular weight excluding hydrogens is 417 g/mol. The zero-order valence-electron chi connectivity index (χ0n) is 19.6. The van der Waals surface area contributed by atoms with Gasteiger partial charge in [0.2, 0.25) is 0 Å². The molecule has 4 N–H and O–H groups in total. The molecule has 0 amide bonds. The molecule has 0 saturated heterocycles. The molecule has 8 heteroatoms. The van der Waals surface area contributed by atoms with E-state index in [2.05, 4.69) is 46.6 Å². The first-order chi connectivity index (χ1) is 16.0. The van der Waals surface area contributed by atoms with Gasteiger partial charge < -0.3 is 20.9 Å². The Morgan fingerprint density at radius 1 is 1.21 bits per heavy atom. The molecular formula is C25H34FN7. The second kappa shape index (κ2) is 9.25. The number of imidazole rings is 1. The fourth-order valence-corrected chi connectivity index (χ4v) is 4.97. The van der Waals surface area contributed by atoms with Crippen molar-refractivity contribution >= 4 is 22.7 Å². The summed E-state index contributed by atoms with van der Waals surface area (Å²) >= 11 is 0. The average Bonchev–Trinajstić information content (AvgIpc) is 3.32. The number of hydrogen-bond acceptors (Lipinski definition) is 6. The maximum absolute atomic E-state index is 14.0. The molecule has 2 aliphatic rings. The van der Waals surface area contributed by atoms with Crippen LogP contribution in [0.2, 0.25) is 0 Å². The fourth-order valence-electron chi connectivity index (χ4n) is 4.97. The van der Waals surface area contributed by atoms with Crippen LogP contribution in [0.3, 0.4) is 0 Å². The standard InChI is InChI=1S/C25H34FN7/c1-15(2)14-28-8-9-33-21(30-22-23(27)31-25(26)32-24(22)33)13-19-12-20-17(6-7-29-20)11-18(19)10-16-4-3-5-16/h11-12,15-16,28-29H,3-10,13-14H2,1-2H3,(H2,27,31,32). The first-order valence-electron chi connectivity index (χ1n) is 12.3. The Hall–Kier alpha value is -2.74. The minimum absolute atomic E-state index is 0.0953. The van der Waals surface area contributed by atoms with Gasteiger partial charge in [-0.25, -0.2) is 4.98 Å². The lowest BCUT2D eigenvalue weighted by molar-refractivity contribution is 0.314. The zero-order valence-corrected chi connectivity index (χ0v) is 19.6. The van der Waals surface area contributed by atoms with Crippen molar-refractivity contribution in [2.45, 2.75) is 58.9 Å². The molecule has 33 heavy (non-hydrogen) atoms. The second-order valence-electron chi connectivity index (χ2n) is 9.96. The van der Waals surface area contributed by atoms with Gasteiger partial charge in [0.05, 0.1) is 0 Å². The van der Waals surface area contributed by atoms with E-state index in [0.29, 0.717) is 30.0 Å². The summed E-state index contributed by atoms with van der Waals surface area (Å²) in [4.78, 5) is 12.6. The lowest BCUT2D eigenvalue weighted by Crippen LogP contribution is -2.25. The van der Waals surface area contributed by atoms with E-state index in [4.69, 9.17) is 10.7 Å². The maximum atomic E-state index is 14.0. The van der Waals surface area contributed by atoms with Crippen molar-refractivity contribution in [3.8, 4) is 0 Å². The summed E-state index contributed by atoms with van der Waals surface area (Å²) < 4.78 is 16.1. The van der Waals surface area contributed by atoms with Crippen molar-refractivity contribution < 1.29 is 4.39 Å². The van der Waals surface area contributed by atoms with E-state index < -0.39 is 6.08 Å². The summed E-state index contributed by atoms with van der Waals surface area (Å²) in [5, 5.41) is 6.98. The third kappa shape index (κ3) is 4.67. The van der Waals surface area contributed by atoms with E-state index >= 15 is 0 Å². The van der Waals surface area contributed by atoms with Crippen LogP contribution in [-0.4, -0.2) is 39.2 Å². The van der Waals surface area contributed by atoms with Gasteiger partial charge in [-0.3, -0.25) is 0 Å². The first-order valence-corrected chi connectivity index (χ1v) is 12.3. The molecule has 1 aromatic carbocycles. The number of rotatable bonds is 9. The Bertz CT molecular complexity index is 1150. The van der Waals surface area contributed by atoms with Gasteiger partial charge in [0, 0.05) is 31.7 Å². The van der Waals surface area contributed by atoms with Gasteiger partial charge in [-0.1, -0.05) is 39.2 Å². The molecule has 0 unspecified atom stereocenters. The number of halogens is 1. The minimum Gasteiger partial charge on any atom is -0.384 e. The van der Waals surface area contributed by atoms with E-state index in [1.807, 2.05) is 4.57 Å². The molecule has 7 nitrogen and oxygen atoms in total. The molecule has 5 rings (SSSR count). The number of benzene rings is 1. The third-order valence-corrected chi connectivity index (χ3v) is 6.96. The van der Waals surface area contributed by atoms with Crippen molar-refractivity contribution in [2.75, 3.05) is 30.7 Å². The molecule has 0 spiro atoms. The highest BCUT2D eigenvalue weighted by atomic mass is 19.1. The van der Waals surface area contributed by atoms with Crippen LogP contribution in [0.4, 0.5) is 15.9 Å². The summed E-state index contributed by atoms with van der Waals surface area (Å²) in [6.07, 6.45) is 6.04. The van der Waals surface area contributed by atoms with Crippen LogP contribution in [0, 0.1) is 17.9 Å². The topological polar surface area (TPSA) is 93.7 Å². The van der Waals surface area contributed by atoms with Crippen molar-refractivity contribution in [3.63, 3.8) is 0 Å². The van der Waals surface area contributed by atoms with Crippen molar-refractivity contribution in [3.05, 3.63) is 40.7 Å². The summed E-state index contributed by atoms with van der Waals surface area (Å²) in [6, 6.07) is 4.70. The largest absolute Gasteiger partial charge is 0.384 e.